The molecule has 7 nitrogen and oxygen atoms in total. The summed E-state index contributed by atoms with van der Waals surface area (Å²) in [6.45, 7) is 3.40. The van der Waals surface area contributed by atoms with Crippen LogP contribution in [0.5, 0.6) is 0 Å². The molecule has 0 aromatic carbocycles. The maximum absolute atomic E-state index is 11.2. The first-order valence-electron chi connectivity index (χ1n) is 6.76. The van der Waals surface area contributed by atoms with Gasteiger partial charge in [-0.25, -0.2) is 4.98 Å². The Labute approximate surface area is 122 Å². The molecule has 2 aromatic rings. The van der Waals surface area contributed by atoms with Crippen molar-refractivity contribution in [2.45, 2.75) is 0 Å². The number of primary amides is 1. The van der Waals surface area contributed by atoms with E-state index >= 15 is 0 Å². The SMILES string of the molecule is NC(=O)c1cc(N2CCN(c3cnccn3)CC2)ccn1. The van der Waals surface area contributed by atoms with Gasteiger partial charge >= 0.3 is 0 Å². The lowest BCUT2D eigenvalue weighted by atomic mass is 10.2. The number of carbonyl (C=O) groups is 1. The second kappa shape index (κ2) is 5.74. The van der Waals surface area contributed by atoms with Crippen LogP contribution in [0, 0.1) is 0 Å². The number of carbonyl (C=O) groups excluding carboxylic acids is 1. The number of nitrogens with zero attached hydrogens (tertiary/aromatic N) is 5. The second-order valence-corrected chi connectivity index (χ2v) is 4.80. The first kappa shape index (κ1) is 13.3. The van der Waals surface area contributed by atoms with Gasteiger partial charge in [-0.3, -0.25) is 14.8 Å². The van der Waals surface area contributed by atoms with Crippen LogP contribution in [0.15, 0.2) is 36.9 Å². The molecule has 21 heavy (non-hydrogen) atoms. The third-order valence-electron chi connectivity index (χ3n) is 3.51. The van der Waals surface area contributed by atoms with Crippen molar-refractivity contribution in [3.05, 3.63) is 42.6 Å². The summed E-state index contributed by atoms with van der Waals surface area (Å²) in [5, 5.41) is 0. The van der Waals surface area contributed by atoms with Gasteiger partial charge in [0.15, 0.2) is 0 Å². The third kappa shape index (κ3) is 2.91. The molecule has 0 saturated carbocycles. The van der Waals surface area contributed by atoms with Crippen LogP contribution in [-0.4, -0.2) is 47.0 Å². The summed E-state index contributed by atoms with van der Waals surface area (Å²) in [7, 11) is 0. The van der Waals surface area contributed by atoms with Crippen LogP contribution >= 0.6 is 0 Å². The fourth-order valence-electron chi connectivity index (χ4n) is 2.40. The molecule has 1 fully saturated rings. The molecule has 2 aromatic heterocycles. The van der Waals surface area contributed by atoms with E-state index in [4.69, 9.17) is 5.73 Å². The van der Waals surface area contributed by atoms with Crippen LogP contribution in [0.25, 0.3) is 0 Å². The number of hydrogen-bond donors (Lipinski definition) is 1. The average Bonchev–Trinajstić information content (AvgIpc) is 2.56. The fraction of sp³-hybridized carbons (Fsp3) is 0.286. The summed E-state index contributed by atoms with van der Waals surface area (Å²) >= 11 is 0. The molecule has 1 saturated heterocycles. The molecule has 108 valence electrons. The van der Waals surface area contributed by atoms with E-state index in [0.29, 0.717) is 5.69 Å². The predicted molar refractivity (Wildman–Crippen MR) is 79.2 cm³/mol. The van der Waals surface area contributed by atoms with Crippen LogP contribution in [0.2, 0.25) is 0 Å². The molecule has 1 amide bonds. The zero-order valence-corrected chi connectivity index (χ0v) is 11.5. The quantitative estimate of drug-likeness (QED) is 0.872. The van der Waals surface area contributed by atoms with Crippen molar-refractivity contribution in [2.75, 3.05) is 36.0 Å². The fourth-order valence-corrected chi connectivity index (χ4v) is 2.40. The van der Waals surface area contributed by atoms with Crippen molar-refractivity contribution in [1.29, 1.82) is 0 Å². The van der Waals surface area contributed by atoms with Crippen molar-refractivity contribution < 1.29 is 4.79 Å². The largest absolute Gasteiger partial charge is 0.368 e. The smallest absolute Gasteiger partial charge is 0.267 e. The van der Waals surface area contributed by atoms with Gasteiger partial charge < -0.3 is 15.5 Å². The van der Waals surface area contributed by atoms with Crippen molar-refractivity contribution in [3.63, 3.8) is 0 Å². The van der Waals surface area contributed by atoms with E-state index in [2.05, 4.69) is 24.8 Å². The highest BCUT2D eigenvalue weighted by molar-refractivity contribution is 5.91. The van der Waals surface area contributed by atoms with Gasteiger partial charge in [-0.15, -0.1) is 0 Å². The Morgan fingerprint density at radius 1 is 1.05 bits per heavy atom. The maximum atomic E-state index is 11.2. The van der Waals surface area contributed by atoms with Crippen LogP contribution in [0.1, 0.15) is 10.5 Å². The molecule has 0 bridgehead atoms. The number of hydrogen-bond acceptors (Lipinski definition) is 6. The summed E-state index contributed by atoms with van der Waals surface area (Å²) in [4.78, 5) is 28.0. The number of rotatable bonds is 3. The van der Waals surface area contributed by atoms with Gasteiger partial charge in [0.1, 0.15) is 11.5 Å². The number of pyridine rings is 1. The second-order valence-electron chi connectivity index (χ2n) is 4.80. The topological polar surface area (TPSA) is 88.2 Å². The lowest BCUT2D eigenvalue weighted by Crippen LogP contribution is -2.47. The van der Waals surface area contributed by atoms with Crippen LogP contribution in [-0.2, 0) is 0 Å². The highest BCUT2D eigenvalue weighted by Gasteiger charge is 2.19. The number of nitrogens with two attached hydrogens (primary N) is 1. The Balaban J connectivity index is 1.68. The predicted octanol–water partition coefficient (Wildman–Crippen LogP) is 0.297. The summed E-state index contributed by atoms with van der Waals surface area (Å²) in [6, 6.07) is 3.63. The van der Waals surface area contributed by atoms with E-state index in [1.54, 1.807) is 30.9 Å². The molecule has 0 spiro atoms. The Bertz CT molecular complexity index is 624. The molecule has 0 unspecified atom stereocenters. The number of aromatic nitrogens is 3. The van der Waals surface area contributed by atoms with Gasteiger partial charge in [-0.2, -0.15) is 0 Å². The Hall–Kier alpha value is -2.70. The summed E-state index contributed by atoms with van der Waals surface area (Å²) in [5.41, 5.74) is 6.53. The minimum atomic E-state index is -0.505. The van der Waals surface area contributed by atoms with Crippen molar-refractivity contribution in [2.24, 2.45) is 5.73 Å². The van der Waals surface area contributed by atoms with E-state index in [-0.39, 0.29) is 0 Å². The van der Waals surface area contributed by atoms with E-state index in [1.165, 1.54) is 0 Å². The molecule has 0 atom stereocenters. The third-order valence-corrected chi connectivity index (χ3v) is 3.51. The Morgan fingerprint density at radius 3 is 2.48 bits per heavy atom. The van der Waals surface area contributed by atoms with Crippen LogP contribution < -0.4 is 15.5 Å². The monoisotopic (exact) mass is 284 g/mol. The van der Waals surface area contributed by atoms with E-state index in [1.807, 2.05) is 6.07 Å². The van der Waals surface area contributed by atoms with Gasteiger partial charge in [0.05, 0.1) is 6.20 Å². The lowest BCUT2D eigenvalue weighted by Gasteiger charge is -2.36. The molecule has 1 aliphatic rings. The van der Waals surface area contributed by atoms with Gasteiger partial charge in [0.2, 0.25) is 0 Å². The number of anilines is 2. The van der Waals surface area contributed by atoms with Gasteiger partial charge in [-0.1, -0.05) is 0 Å². The molecule has 0 aliphatic carbocycles. The normalized spacial score (nSPS) is 15.0. The molecule has 3 heterocycles. The van der Waals surface area contributed by atoms with E-state index in [0.717, 1.165) is 37.7 Å². The zero-order chi connectivity index (χ0) is 14.7. The molecule has 7 heteroatoms. The summed E-state index contributed by atoms with van der Waals surface area (Å²) in [5.74, 6) is 0.389. The minimum absolute atomic E-state index is 0.295. The Morgan fingerprint density at radius 2 is 1.81 bits per heavy atom. The molecular weight excluding hydrogens is 268 g/mol. The minimum Gasteiger partial charge on any atom is -0.368 e. The summed E-state index contributed by atoms with van der Waals surface area (Å²) < 4.78 is 0. The van der Waals surface area contributed by atoms with E-state index in [9.17, 15) is 4.79 Å². The van der Waals surface area contributed by atoms with Gasteiger partial charge in [0.25, 0.3) is 5.91 Å². The average molecular weight is 284 g/mol. The standard InChI is InChI=1S/C14H16N6O/c15-14(21)12-9-11(1-2-17-12)19-5-7-20(8-6-19)13-10-16-3-4-18-13/h1-4,9-10H,5-8H2,(H2,15,21). The summed E-state index contributed by atoms with van der Waals surface area (Å²) in [6.07, 6.45) is 6.75. The maximum Gasteiger partial charge on any atom is 0.267 e. The first-order chi connectivity index (χ1) is 10.2. The van der Waals surface area contributed by atoms with E-state index < -0.39 is 5.91 Å². The molecule has 3 rings (SSSR count). The lowest BCUT2D eigenvalue weighted by molar-refractivity contribution is 0.0995. The molecule has 1 aliphatic heterocycles. The Kier molecular flexibility index (Phi) is 3.63. The van der Waals surface area contributed by atoms with Crippen LogP contribution in [0.3, 0.4) is 0 Å². The highest BCUT2D eigenvalue weighted by Crippen LogP contribution is 2.18. The van der Waals surface area contributed by atoms with Crippen molar-refractivity contribution in [1.82, 2.24) is 15.0 Å². The number of piperazine rings is 1. The highest BCUT2D eigenvalue weighted by atomic mass is 16.1. The zero-order valence-electron chi connectivity index (χ0n) is 11.5. The van der Waals surface area contributed by atoms with Crippen LogP contribution in [0.4, 0.5) is 11.5 Å². The van der Waals surface area contributed by atoms with Crippen molar-refractivity contribution in [3.8, 4) is 0 Å². The van der Waals surface area contributed by atoms with Gasteiger partial charge in [0, 0.05) is 50.5 Å². The first-order valence-corrected chi connectivity index (χ1v) is 6.76. The molecule has 0 radical (unpaired) electrons. The number of amides is 1. The van der Waals surface area contributed by atoms with Gasteiger partial charge in [-0.05, 0) is 12.1 Å². The molecule has 2 N–H and O–H groups in total. The molecular formula is C14H16N6O. The van der Waals surface area contributed by atoms with Crippen molar-refractivity contribution >= 4 is 17.4 Å².